The van der Waals surface area contributed by atoms with Gasteiger partial charge in [0.2, 0.25) is 5.91 Å². The van der Waals surface area contributed by atoms with Crippen LogP contribution in [0.1, 0.15) is 75.8 Å². The van der Waals surface area contributed by atoms with Crippen molar-refractivity contribution >= 4 is 11.5 Å². The second-order valence-electron chi connectivity index (χ2n) is 8.88. The molecule has 0 aromatic heterocycles. The maximum Gasteiger partial charge on any atom is 0.220 e. The van der Waals surface area contributed by atoms with Gasteiger partial charge in [0.25, 0.3) is 0 Å². The molecular weight excluding hydrogens is 370 g/mol. The topological polar surface area (TPSA) is 56.1 Å². The van der Waals surface area contributed by atoms with Gasteiger partial charge in [-0.3, -0.25) is 9.69 Å². The molecule has 1 heterocycles. The maximum atomic E-state index is 11.9. The van der Waals surface area contributed by atoms with Crippen LogP contribution < -0.4 is 5.32 Å². The van der Waals surface area contributed by atoms with Gasteiger partial charge in [0.1, 0.15) is 0 Å². The molecule has 1 aliphatic heterocycles. The molecule has 0 radical (unpaired) electrons. The first-order valence-electron chi connectivity index (χ1n) is 11.9. The van der Waals surface area contributed by atoms with Crippen molar-refractivity contribution in [1.29, 1.82) is 5.26 Å². The van der Waals surface area contributed by atoms with Crippen molar-refractivity contribution in [1.82, 2.24) is 10.2 Å². The van der Waals surface area contributed by atoms with Crippen molar-refractivity contribution in [3.8, 4) is 6.07 Å². The summed E-state index contributed by atoms with van der Waals surface area (Å²) in [5.74, 6) is 0.914. The quantitative estimate of drug-likeness (QED) is 0.580. The third kappa shape index (κ3) is 6.71. The average Bonchev–Trinajstić information content (AvgIpc) is 2.79. The van der Waals surface area contributed by atoms with Crippen LogP contribution in [0.25, 0.3) is 5.57 Å². The second kappa shape index (κ2) is 11.9. The van der Waals surface area contributed by atoms with Crippen molar-refractivity contribution in [2.24, 2.45) is 5.92 Å². The highest BCUT2D eigenvalue weighted by Gasteiger charge is 2.23. The Morgan fingerprint density at radius 3 is 2.73 bits per heavy atom. The molecule has 0 unspecified atom stereocenters. The molecule has 1 fully saturated rings. The van der Waals surface area contributed by atoms with Gasteiger partial charge in [0.15, 0.2) is 0 Å². The molecule has 1 aromatic carbocycles. The number of hydrogen-bond donors (Lipinski definition) is 1. The summed E-state index contributed by atoms with van der Waals surface area (Å²) in [5.41, 5.74) is 4.44. The third-order valence-electron chi connectivity index (χ3n) is 6.80. The summed E-state index contributed by atoms with van der Waals surface area (Å²) in [6.07, 6.45) is 12.3. The lowest BCUT2D eigenvalue weighted by Crippen LogP contribution is -2.38. The van der Waals surface area contributed by atoms with Gasteiger partial charge in [-0.2, -0.15) is 5.26 Å². The van der Waals surface area contributed by atoms with E-state index in [0.717, 1.165) is 44.7 Å². The number of aryl methyl sites for hydroxylation is 1. The first-order valence-corrected chi connectivity index (χ1v) is 11.9. The Balaban J connectivity index is 1.35. The van der Waals surface area contributed by atoms with Crippen molar-refractivity contribution in [3.05, 3.63) is 41.5 Å². The molecule has 2 aliphatic rings. The largest absolute Gasteiger partial charge is 0.353 e. The molecular formula is C26H37N3O. The number of nitriles is 1. The fraction of sp³-hybridized carbons (Fsp3) is 0.615. The van der Waals surface area contributed by atoms with Crippen LogP contribution in [0.4, 0.5) is 0 Å². The standard InChI is InChI=1S/C26H37N3O/c1-2-22-7-3-4-8-25(22)23-15-19-29(20-16-23)18-14-21-10-12-24(13-11-21)28-26(30)9-5-6-17-27/h3-4,7-8,15,21,24H,2,5-6,9-14,16,18-20H2,1H3,(H,28,30). The number of nitrogens with one attached hydrogen (secondary N) is 1. The molecule has 1 amide bonds. The first-order chi connectivity index (χ1) is 14.7. The summed E-state index contributed by atoms with van der Waals surface area (Å²) in [4.78, 5) is 14.5. The number of carbonyl (C=O) groups is 1. The molecule has 0 bridgehead atoms. The van der Waals surface area contributed by atoms with E-state index in [1.165, 1.54) is 42.5 Å². The summed E-state index contributed by atoms with van der Waals surface area (Å²) in [7, 11) is 0. The fourth-order valence-corrected chi connectivity index (χ4v) is 4.89. The van der Waals surface area contributed by atoms with Crippen molar-refractivity contribution in [2.45, 2.75) is 77.2 Å². The Kier molecular flexibility index (Phi) is 8.96. The number of carbonyl (C=O) groups excluding carboxylic acids is 1. The van der Waals surface area contributed by atoms with E-state index in [-0.39, 0.29) is 5.91 Å². The summed E-state index contributed by atoms with van der Waals surface area (Å²) >= 11 is 0. The van der Waals surface area contributed by atoms with E-state index in [4.69, 9.17) is 5.26 Å². The van der Waals surface area contributed by atoms with E-state index in [2.05, 4.69) is 53.6 Å². The van der Waals surface area contributed by atoms with Gasteiger partial charge in [-0.25, -0.2) is 0 Å². The van der Waals surface area contributed by atoms with E-state index in [0.29, 0.717) is 25.3 Å². The summed E-state index contributed by atoms with van der Waals surface area (Å²) in [6, 6.07) is 11.3. The molecule has 1 aromatic rings. The van der Waals surface area contributed by atoms with Crippen LogP contribution in [0.3, 0.4) is 0 Å². The monoisotopic (exact) mass is 407 g/mol. The first kappa shape index (κ1) is 22.6. The van der Waals surface area contributed by atoms with Gasteiger partial charge in [-0.05, 0) is 80.5 Å². The predicted octanol–water partition coefficient (Wildman–Crippen LogP) is 5.10. The minimum atomic E-state index is 0.120. The molecule has 1 aliphatic carbocycles. The Morgan fingerprint density at radius 1 is 1.23 bits per heavy atom. The molecule has 0 spiro atoms. The summed E-state index contributed by atoms with van der Waals surface area (Å²) in [6.45, 7) is 5.66. The van der Waals surface area contributed by atoms with E-state index < -0.39 is 0 Å². The van der Waals surface area contributed by atoms with E-state index in [1.54, 1.807) is 0 Å². The molecule has 0 saturated heterocycles. The SMILES string of the molecule is CCc1ccccc1C1=CCN(CCC2CCC(NC(=O)CCCC#N)CC2)CC1. The van der Waals surface area contributed by atoms with Crippen molar-refractivity contribution in [2.75, 3.05) is 19.6 Å². The van der Waals surface area contributed by atoms with Crippen LogP contribution in [-0.2, 0) is 11.2 Å². The molecule has 30 heavy (non-hydrogen) atoms. The molecule has 1 N–H and O–H groups in total. The number of benzene rings is 1. The maximum absolute atomic E-state index is 11.9. The van der Waals surface area contributed by atoms with Gasteiger partial charge in [-0.1, -0.05) is 37.3 Å². The van der Waals surface area contributed by atoms with E-state index in [9.17, 15) is 4.79 Å². The highest BCUT2D eigenvalue weighted by Crippen LogP contribution is 2.29. The lowest BCUT2D eigenvalue weighted by molar-refractivity contribution is -0.122. The summed E-state index contributed by atoms with van der Waals surface area (Å²) in [5, 5.41) is 11.7. The van der Waals surface area contributed by atoms with Crippen LogP contribution in [0.2, 0.25) is 0 Å². The zero-order chi connectivity index (χ0) is 21.2. The predicted molar refractivity (Wildman–Crippen MR) is 123 cm³/mol. The molecule has 0 atom stereocenters. The van der Waals surface area contributed by atoms with Crippen molar-refractivity contribution < 1.29 is 4.79 Å². The van der Waals surface area contributed by atoms with Crippen LogP contribution in [-0.4, -0.2) is 36.5 Å². The Bertz CT molecular complexity index is 756. The number of hydrogen-bond acceptors (Lipinski definition) is 3. The normalized spacial score (nSPS) is 22.2. The minimum absolute atomic E-state index is 0.120. The van der Waals surface area contributed by atoms with Crippen LogP contribution >= 0.6 is 0 Å². The molecule has 3 rings (SSSR count). The number of amides is 1. The van der Waals surface area contributed by atoms with Gasteiger partial charge < -0.3 is 5.32 Å². The molecule has 1 saturated carbocycles. The molecule has 4 heteroatoms. The van der Waals surface area contributed by atoms with Crippen molar-refractivity contribution in [3.63, 3.8) is 0 Å². The van der Waals surface area contributed by atoms with Gasteiger partial charge in [0, 0.05) is 32.0 Å². The Labute approximate surface area is 182 Å². The lowest BCUT2D eigenvalue weighted by Gasteiger charge is -2.32. The van der Waals surface area contributed by atoms with Crippen LogP contribution in [0, 0.1) is 17.2 Å². The molecule has 162 valence electrons. The molecule has 4 nitrogen and oxygen atoms in total. The Hall–Kier alpha value is -2.12. The Morgan fingerprint density at radius 2 is 2.03 bits per heavy atom. The van der Waals surface area contributed by atoms with Crippen LogP contribution in [0.15, 0.2) is 30.3 Å². The van der Waals surface area contributed by atoms with Crippen LogP contribution in [0.5, 0.6) is 0 Å². The minimum Gasteiger partial charge on any atom is -0.353 e. The van der Waals surface area contributed by atoms with Gasteiger partial charge in [-0.15, -0.1) is 0 Å². The van der Waals surface area contributed by atoms with Gasteiger partial charge >= 0.3 is 0 Å². The smallest absolute Gasteiger partial charge is 0.220 e. The van der Waals surface area contributed by atoms with E-state index in [1.807, 2.05) is 0 Å². The van der Waals surface area contributed by atoms with Gasteiger partial charge in [0.05, 0.1) is 6.07 Å². The fourth-order valence-electron chi connectivity index (χ4n) is 4.89. The third-order valence-corrected chi connectivity index (χ3v) is 6.80. The average molecular weight is 408 g/mol. The zero-order valence-corrected chi connectivity index (χ0v) is 18.5. The number of rotatable bonds is 9. The lowest BCUT2D eigenvalue weighted by atomic mass is 9.84. The number of unbranched alkanes of at least 4 members (excludes halogenated alkanes) is 1. The number of nitrogens with zero attached hydrogens (tertiary/aromatic N) is 2. The zero-order valence-electron chi connectivity index (χ0n) is 18.5. The second-order valence-corrected chi connectivity index (χ2v) is 8.88. The van der Waals surface area contributed by atoms with E-state index >= 15 is 0 Å². The summed E-state index contributed by atoms with van der Waals surface area (Å²) < 4.78 is 0. The highest BCUT2D eigenvalue weighted by molar-refractivity contribution is 5.76. The highest BCUT2D eigenvalue weighted by atomic mass is 16.1.